The van der Waals surface area contributed by atoms with E-state index in [1.54, 1.807) is 13.2 Å². The van der Waals surface area contributed by atoms with E-state index in [0.29, 0.717) is 11.3 Å². The SMILES string of the molecule is COc1cccc(C(=O)N[C@H](C[NH+]2CCOCC2)c2ccc(C)cc2)c1. The van der Waals surface area contributed by atoms with Crippen molar-refractivity contribution in [1.29, 1.82) is 0 Å². The van der Waals surface area contributed by atoms with E-state index in [4.69, 9.17) is 9.47 Å². The molecule has 0 unspecified atom stereocenters. The van der Waals surface area contributed by atoms with E-state index >= 15 is 0 Å². The van der Waals surface area contributed by atoms with Crippen molar-refractivity contribution in [2.24, 2.45) is 0 Å². The van der Waals surface area contributed by atoms with Crippen molar-refractivity contribution in [3.05, 3.63) is 65.2 Å². The molecule has 26 heavy (non-hydrogen) atoms. The molecule has 3 rings (SSSR count). The minimum atomic E-state index is -0.0814. The molecule has 0 aromatic heterocycles. The van der Waals surface area contributed by atoms with Crippen LogP contribution < -0.4 is 15.0 Å². The summed E-state index contributed by atoms with van der Waals surface area (Å²) in [5.41, 5.74) is 2.95. The van der Waals surface area contributed by atoms with Crippen molar-refractivity contribution in [1.82, 2.24) is 5.32 Å². The van der Waals surface area contributed by atoms with E-state index in [0.717, 1.165) is 38.4 Å². The predicted octanol–water partition coefficient (Wildman–Crippen LogP) is 1.39. The first kappa shape index (κ1) is 18.4. The summed E-state index contributed by atoms with van der Waals surface area (Å²) in [6.45, 7) is 6.41. The summed E-state index contributed by atoms with van der Waals surface area (Å²) >= 11 is 0. The molecule has 0 bridgehead atoms. The zero-order valence-corrected chi connectivity index (χ0v) is 15.5. The molecule has 2 N–H and O–H groups in total. The van der Waals surface area contributed by atoms with Gasteiger partial charge in [0.2, 0.25) is 0 Å². The number of carbonyl (C=O) groups is 1. The number of rotatable bonds is 6. The maximum absolute atomic E-state index is 12.8. The highest BCUT2D eigenvalue weighted by atomic mass is 16.5. The smallest absolute Gasteiger partial charge is 0.252 e. The summed E-state index contributed by atoms with van der Waals surface area (Å²) < 4.78 is 10.7. The lowest BCUT2D eigenvalue weighted by atomic mass is 10.0. The van der Waals surface area contributed by atoms with Crippen LogP contribution in [0, 0.1) is 6.92 Å². The third-order valence-electron chi connectivity index (χ3n) is 4.81. The number of benzene rings is 2. The monoisotopic (exact) mass is 355 g/mol. The molecule has 1 atom stereocenters. The summed E-state index contributed by atoms with van der Waals surface area (Å²) in [5, 5.41) is 3.21. The second-order valence-electron chi connectivity index (χ2n) is 6.74. The molecule has 0 spiro atoms. The highest BCUT2D eigenvalue weighted by Crippen LogP contribution is 2.16. The number of hydrogen-bond donors (Lipinski definition) is 2. The number of methoxy groups -OCH3 is 1. The first-order valence-corrected chi connectivity index (χ1v) is 9.08. The molecule has 0 radical (unpaired) electrons. The van der Waals surface area contributed by atoms with E-state index in [2.05, 4.69) is 36.5 Å². The molecule has 2 aromatic rings. The molecule has 2 aromatic carbocycles. The molecule has 1 aliphatic rings. The van der Waals surface area contributed by atoms with Crippen LogP contribution in [0.3, 0.4) is 0 Å². The molecular weight excluding hydrogens is 328 g/mol. The highest BCUT2D eigenvalue weighted by molar-refractivity contribution is 5.94. The van der Waals surface area contributed by atoms with Gasteiger partial charge in [0.1, 0.15) is 31.4 Å². The van der Waals surface area contributed by atoms with E-state index in [-0.39, 0.29) is 11.9 Å². The van der Waals surface area contributed by atoms with Crippen molar-refractivity contribution in [3.63, 3.8) is 0 Å². The van der Waals surface area contributed by atoms with Crippen LogP contribution in [0.15, 0.2) is 48.5 Å². The number of aryl methyl sites for hydroxylation is 1. The van der Waals surface area contributed by atoms with Crippen molar-refractivity contribution >= 4 is 5.91 Å². The first-order valence-electron chi connectivity index (χ1n) is 9.08. The molecule has 5 nitrogen and oxygen atoms in total. The first-order chi connectivity index (χ1) is 12.7. The fraction of sp³-hybridized carbons (Fsp3) is 0.381. The average molecular weight is 355 g/mol. The standard InChI is InChI=1S/C21H26N2O3/c1-16-6-8-17(9-7-16)20(15-23-10-12-26-13-11-23)22-21(24)18-4-3-5-19(14-18)25-2/h3-9,14,20H,10-13,15H2,1-2H3,(H,22,24)/p+1/t20-/m1/s1. The normalized spacial score (nSPS) is 16.1. The molecule has 1 amide bonds. The topological polar surface area (TPSA) is 52.0 Å². The zero-order chi connectivity index (χ0) is 18.4. The lowest BCUT2D eigenvalue weighted by Crippen LogP contribution is -3.14. The van der Waals surface area contributed by atoms with Crippen LogP contribution in [0.5, 0.6) is 5.75 Å². The Morgan fingerprint density at radius 1 is 1.19 bits per heavy atom. The van der Waals surface area contributed by atoms with Crippen LogP contribution in [-0.4, -0.2) is 45.9 Å². The Labute approximate surface area is 154 Å². The zero-order valence-electron chi connectivity index (χ0n) is 15.5. The third kappa shape index (κ3) is 4.84. The van der Waals surface area contributed by atoms with Gasteiger partial charge in [0.15, 0.2) is 0 Å². The van der Waals surface area contributed by atoms with Gasteiger partial charge in [-0.1, -0.05) is 35.9 Å². The Balaban J connectivity index is 1.77. The maximum Gasteiger partial charge on any atom is 0.252 e. The number of morpholine rings is 1. The fourth-order valence-corrected chi connectivity index (χ4v) is 3.21. The molecule has 0 saturated carbocycles. The maximum atomic E-state index is 12.8. The number of nitrogens with one attached hydrogen (secondary N) is 2. The van der Waals surface area contributed by atoms with Gasteiger partial charge in [-0.15, -0.1) is 0 Å². The van der Waals surface area contributed by atoms with Crippen molar-refractivity contribution in [2.45, 2.75) is 13.0 Å². The lowest BCUT2D eigenvalue weighted by Gasteiger charge is -2.28. The van der Waals surface area contributed by atoms with E-state index < -0.39 is 0 Å². The molecule has 0 aliphatic carbocycles. The molecule has 5 heteroatoms. The third-order valence-corrected chi connectivity index (χ3v) is 4.81. The number of hydrogen-bond acceptors (Lipinski definition) is 3. The largest absolute Gasteiger partial charge is 0.497 e. The van der Waals surface area contributed by atoms with Crippen molar-refractivity contribution in [2.75, 3.05) is 40.0 Å². The van der Waals surface area contributed by atoms with Crippen LogP contribution in [0.2, 0.25) is 0 Å². The van der Waals surface area contributed by atoms with E-state index in [1.165, 1.54) is 10.5 Å². The quantitative estimate of drug-likeness (QED) is 0.823. The summed E-state index contributed by atoms with van der Waals surface area (Å²) in [5.74, 6) is 0.602. The fourth-order valence-electron chi connectivity index (χ4n) is 3.21. The summed E-state index contributed by atoms with van der Waals surface area (Å²) in [4.78, 5) is 14.3. The Morgan fingerprint density at radius 3 is 2.62 bits per heavy atom. The Bertz CT molecular complexity index is 724. The minimum absolute atomic E-state index is 0.0394. The summed E-state index contributed by atoms with van der Waals surface area (Å²) in [7, 11) is 1.61. The predicted molar refractivity (Wildman–Crippen MR) is 101 cm³/mol. The van der Waals surface area contributed by atoms with Crippen LogP contribution in [0.25, 0.3) is 0 Å². The van der Waals surface area contributed by atoms with Gasteiger partial charge in [0.25, 0.3) is 5.91 Å². The van der Waals surface area contributed by atoms with Gasteiger partial charge in [-0.2, -0.15) is 0 Å². The second-order valence-corrected chi connectivity index (χ2v) is 6.74. The van der Waals surface area contributed by atoms with Crippen LogP contribution in [0.1, 0.15) is 27.5 Å². The molecule has 1 fully saturated rings. The molecule has 138 valence electrons. The van der Waals surface area contributed by atoms with E-state index in [9.17, 15) is 4.79 Å². The molecule has 1 aliphatic heterocycles. The van der Waals surface area contributed by atoms with Gasteiger partial charge >= 0.3 is 0 Å². The van der Waals surface area contributed by atoms with Crippen molar-refractivity contribution < 1.29 is 19.2 Å². The highest BCUT2D eigenvalue weighted by Gasteiger charge is 2.23. The van der Waals surface area contributed by atoms with Crippen LogP contribution in [-0.2, 0) is 4.74 Å². The van der Waals surface area contributed by atoms with Gasteiger partial charge in [0.05, 0.1) is 20.3 Å². The van der Waals surface area contributed by atoms with Gasteiger partial charge in [-0.25, -0.2) is 0 Å². The minimum Gasteiger partial charge on any atom is -0.497 e. The van der Waals surface area contributed by atoms with Gasteiger partial charge < -0.3 is 19.7 Å². The summed E-state index contributed by atoms with van der Waals surface area (Å²) in [6, 6.07) is 15.6. The van der Waals surface area contributed by atoms with Gasteiger partial charge in [0, 0.05) is 5.56 Å². The van der Waals surface area contributed by atoms with Gasteiger partial charge in [-0.3, -0.25) is 4.79 Å². The second kappa shape index (κ2) is 8.83. The van der Waals surface area contributed by atoms with Crippen LogP contribution >= 0.6 is 0 Å². The Kier molecular flexibility index (Phi) is 6.26. The average Bonchev–Trinajstić information content (AvgIpc) is 2.69. The van der Waals surface area contributed by atoms with E-state index in [1.807, 2.05) is 18.2 Å². The number of quaternary nitrogens is 1. The molecule has 1 saturated heterocycles. The lowest BCUT2D eigenvalue weighted by molar-refractivity contribution is -0.909. The summed E-state index contributed by atoms with van der Waals surface area (Å²) in [6.07, 6.45) is 0. The van der Waals surface area contributed by atoms with Crippen molar-refractivity contribution in [3.8, 4) is 5.75 Å². The number of carbonyl (C=O) groups excluding carboxylic acids is 1. The van der Waals surface area contributed by atoms with Gasteiger partial charge in [-0.05, 0) is 30.7 Å². The molecule has 1 heterocycles. The van der Waals surface area contributed by atoms with Crippen LogP contribution in [0.4, 0.5) is 0 Å². The number of ether oxygens (including phenoxy) is 2. The Morgan fingerprint density at radius 2 is 1.92 bits per heavy atom. The molecular formula is C21H27N2O3+. The Hall–Kier alpha value is -2.37. The number of amides is 1.